The summed E-state index contributed by atoms with van der Waals surface area (Å²) in [5.74, 6) is -0.125. The molecule has 0 saturated carbocycles. The highest BCUT2D eigenvalue weighted by atomic mass is 16.3. The quantitative estimate of drug-likeness (QED) is 0.609. The van der Waals surface area contributed by atoms with Crippen molar-refractivity contribution in [2.24, 2.45) is 0 Å². The summed E-state index contributed by atoms with van der Waals surface area (Å²) in [6.07, 6.45) is 2.33. The van der Waals surface area contributed by atoms with Crippen LogP contribution in [-0.2, 0) is 6.54 Å². The molecule has 114 valence electrons. The van der Waals surface area contributed by atoms with Crippen molar-refractivity contribution in [1.29, 1.82) is 0 Å². The zero-order valence-electron chi connectivity index (χ0n) is 12.9. The summed E-state index contributed by atoms with van der Waals surface area (Å²) in [7, 11) is 0. The minimum Gasteiger partial charge on any atom is -0.504 e. The molecule has 0 saturated heterocycles. The number of phenolic OH excluding ortho intramolecular Hbond substituents is 2. The van der Waals surface area contributed by atoms with Gasteiger partial charge in [0, 0.05) is 12.6 Å². The molecule has 1 atom stereocenters. The highest BCUT2D eigenvalue weighted by molar-refractivity contribution is 5.40. The Morgan fingerprint density at radius 2 is 1.85 bits per heavy atom. The Hall–Kier alpha value is -1.26. The summed E-state index contributed by atoms with van der Waals surface area (Å²) in [5, 5.41) is 22.1. The Morgan fingerprint density at radius 1 is 1.15 bits per heavy atom. The molecule has 0 radical (unpaired) electrons. The van der Waals surface area contributed by atoms with Gasteiger partial charge in [0.1, 0.15) is 0 Å². The summed E-state index contributed by atoms with van der Waals surface area (Å²) >= 11 is 0. The van der Waals surface area contributed by atoms with Gasteiger partial charge in [0.25, 0.3) is 0 Å². The fraction of sp³-hybridized carbons (Fsp3) is 0.625. The van der Waals surface area contributed by atoms with Crippen LogP contribution in [0.2, 0.25) is 0 Å². The average Bonchev–Trinajstić information content (AvgIpc) is 2.45. The number of benzene rings is 1. The van der Waals surface area contributed by atoms with E-state index in [1.165, 1.54) is 12.5 Å². The minimum atomic E-state index is -0.0685. The number of nitrogens with zero attached hydrogens (tertiary/aromatic N) is 1. The van der Waals surface area contributed by atoms with Crippen LogP contribution in [-0.4, -0.2) is 40.8 Å². The van der Waals surface area contributed by atoms with Crippen molar-refractivity contribution in [3.63, 3.8) is 0 Å². The van der Waals surface area contributed by atoms with E-state index in [4.69, 9.17) is 0 Å². The van der Waals surface area contributed by atoms with Crippen LogP contribution in [0.25, 0.3) is 0 Å². The Balaban J connectivity index is 2.25. The molecule has 1 rings (SSSR count). The average molecular weight is 280 g/mol. The Bertz CT molecular complexity index is 392. The molecule has 0 aliphatic heterocycles. The first-order chi connectivity index (χ1) is 9.56. The third-order valence-corrected chi connectivity index (χ3v) is 3.70. The van der Waals surface area contributed by atoms with Gasteiger partial charge in [-0.2, -0.15) is 0 Å². The smallest absolute Gasteiger partial charge is 0.157 e. The van der Waals surface area contributed by atoms with Crippen LogP contribution in [0.4, 0.5) is 0 Å². The Labute approximate surface area is 122 Å². The summed E-state index contributed by atoms with van der Waals surface area (Å²) in [5.41, 5.74) is 0.982. The molecule has 4 heteroatoms. The molecule has 0 bridgehead atoms. The van der Waals surface area contributed by atoms with Crippen molar-refractivity contribution in [2.45, 2.75) is 46.2 Å². The van der Waals surface area contributed by atoms with Gasteiger partial charge in [-0.1, -0.05) is 19.9 Å². The van der Waals surface area contributed by atoms with Crippen LogP contribution >= 0.6 is 0 Å². The van der Waals surface area contributed by atoms with Crippen molar-refractivity contribution in [1.82, 2.24) is 10.2 Å². The van der Waals surface area contributed by atoms with Crippen molar-refractivity contribution >= 4 is 0 Å². The van der Waals surface area contributed by atoms with Gasteiger partial charge in [-0.3, -0.25) is 0 Å². The zero-order valence-corrected chi connectivity index (χ0v) is 12.9. The monoisotopic (exact) mass is 280 g/mol. The fourth-order valence-corrected chi connectivity index (χ4v) is 2.23. The lowest BCUT2D eigenvalue weighted by Crippen LogP contribution is -2.28. The van der Waals surface area contributed by atoms with Crippen molar-refractivity contribution in [3.05, 3.63) is 23.8 Å². The molecule has 0 fully saturated rings. The SMILES string of the molecule is CCN(CC)CCCC(C)NCc1ccc(O)c(O)c1. The number of hydrogen-bond acceptors (Lipinski definition) is 4. The second-order valence-corrected chi connectivity index (χ2v) is 5.27. The van der Waals surface area contributed by atoms with Crippen molar-refractivity contribution in [3.8, 4) is 11.5 Å². The highest BCUT2D eigenvalue weighted by Crippen LogP contribution is 2.24. The minimum absolute atomic E-state index is 0.0570. The van der Waals surface area contributed by atoms with E-state index in [2.05, 4.69) is 31.0 Å². The Kier molecular flexibility index (Phi) is 7.41. The van der Waals surface area contributed by atoms with Gasteiger partial charge >= 0.3 is 0 Å². The third kappa shape index (κ3) is 5.80. The van der Waals surface area contributed by atoms with Gasteiger partial charge in [0.15, 0.2) is 11.5 Å². The summed E-state index contributed by atoms with van der Waals surface area (Å²) in [6.45, 7) is 10.7. The number of hydrogen-bond donors (Lipinski definition) is 3. The van der Waals surface area contributed by atoms with Crippen molar-refractivity contribution in [2.75, 3.05) is 19.6 Å². The molecular formula is C16H28N2O2. The molecule has 0 aromatic heterocycles. The van der Waals surface area contributed by atoms with Gasteiger partial charge in [-0.25, -0.2) is 0 Å². The first-order valence-corrected chi connectivity index (χ1v) is 7.53. The number of aromatic hydroxyl groups is 2. The first-order valence-electron chi connectivity index (χ1n) is 7.53. The largest absolute Gasteiger partial charge is 0.504 e. The molecule has 1 aromatic rings. The molecular weight excluding hydrogens is 252 g/mol. The number of phenols is 2. The van der Waals surface area contributed by atoms with Gasteiger partial charge in [0.05, 0.1) is 0 Å². The summed E-state index contributed by atoms with van der Waals surface area (Å²) < 4.78 is 0. The second-order valence-electron chi connectivity index (χ2n) is 5.27. The maximum Gasteiger partial charge on any atom is 0.157 e. The molecule has 0 aliphatic carbocycles. The van der Waals surface area contributed by atoms with Crippen LogP contribution in [0.5, 0.6) is 11.5 Å². The van der Waals surface area contributed by atoms with Crippen LogP contribution in [0, 0.1) is 0 Å². The summed E-state index contributed by atoms with van der Waals surface area (Å²) in [4.78, 5) is 2.44. The maximum atomic E-state index is 9.44. The molecule has 1 unspecified atom stereocenters. The molecule has 1 aromatic carbocycles. The normalized spacial score (nSPS) is 12.8. The van der Waals surface area contributed by atoms with E-state index >= 15 is 0 Å². The molecule has 20 heavy (non-hydrogen) atoms. The van der Waals surface area contributed by atoms with E-state index in [1.807, 2.05) is 6.07 Å². The number of rotatable bonds is 9. The van der Waals surface area contributed by atoms with Crippen LogP contribution in [0.3, 0.4) is 0 Å². The van der Waals surface area contributed by atoms with E-state index in [0.29, 0.717) is 12.6 Å². The van der Waals surface area contributed by atoms with Gasteiger partial charge < -0.3 is 20.4 Å². The lowest BCUT2D eigenvalue weighted by atomic mass is 10.1. The van der Waals surface area contributed by atoms with Gasteiger partial charge in [-0.05, 0) is 57.1 Å². The predicted molar refractivity (Wildman–Crippen MR) is 83.1 cm³/mol. The molecule has 3 N–H and O–H groups in total. The maximum absolute atomic E-state index is 9.44. The molecule has 0 amide bonds. The van der Waals surface area contributed by atoms with Crippen molar-refractivity contribution < 1.29 is 10.2 Å². The molecule has 0 aliphatic rings. The Morgan fingerprint density at radius 3 is 2.45 bits per heavy atom. The topological polar surface area (TPSA) is 55.7 Å². The van der Waals surface area contributed by atoms with Crippen LogP contribution in [0.15, 0.2) is 18.2 Å². The lowest BCUT2D eigenvalue weighted by Gasteiger charge is -2.19. The summed E-state index contributed by atoms with van der Waals surface area (Å²) in [6, 6.07) is 5.40. The van der Waals surface area contributed by atoms with Gasteiger partial charge in [-0.15, -0.1) is 0 Å². The molecule has 4 nitrogen and oxygen atoms in total. The van der Waals surface area contributed by atoms with Crippen LogP contribution < -0.4 is 5.32 Å². The molecule has 0 spiro atoms. The van der Waals surface area contributed by atoms with E-state index in [9.17, 15) is 10.2 Å². The van der Waals surface area contributed by atoms with E-state index < -0.39 is 0 Å². The zero-order chi connectivity index (χ0) is 15.0. The molecule has 0 heterocycles. The van der Waals surface area contributed by atoms with Crippen LogP contribution in [0.1, 0.15) is 39.2 Å². The fourth-order valence-electron chi connectivity index (χ4n) is 2.23. The third-order valence-electron chi connectivity index (χ3n) is 3.70. The van der Waals surface area contributed by atoms with E-state index in [0.717, 1.165) is 31.6 Å². The van der Waals surface area contributed by atoms with E-state index in [-0.39, 0.29) is 11.5 Å². The highest BCUT2D eigenvalue weighted by Gasteiger charge is 2.05. The lowest BCUT2D eigenvalue weighted by molar-refractivity contribution is 0.290. The first kappa shape index (κ1) is 16.8. The predicted octanol–water partition coefficient (Wildman–Crippen LogP) is 2.70. The second kappa shape index (κ2) is 8.82. The van der Waals surface area contributed by atoms with Gasteiger partial charge in [0.2, 0.25) is 0 Å². The number of nitrogens with one attached hydrogen (secondary N) is 1. The van der Waals surface area contributed by atoms with E-state index in [1.54, 1.807) is 6.07 Å². The standard InChI is InChI=1S/C16H28N2O2/c1-4-18(5-2)10-6-7-13(3)17-12-14-8-9-15(19)16(20)11-14/h8-9,11,13,17,19-20H,4-7,10,12H2,1-3H3.